The summed E-state index contributed by atoms with van der Waals surface area (Å²) in [5.41, 5.74) is 3.27. The Morgan fingerprint density at radius 3 is 2.69 bits per heavy atom. The van der Waals surface area contributed by atoms with Crippen LogP contribution in [0, 0.1) is 0 Å². The fourth-order valence-corrected chi connectivity index (χ4v) is 4.11. The number of rotatable bonds is 5. The van der Waals surface area contributed by atoms with Gasteiger partial charge >= 0.3 is 0 Å². The van der Waals surface area contributed by atoms with Gasteiger partial charge in [-0.1, -0.05) is 35.3 Å². The SMILES string of the molecule is COc1cccc(/C=N/NC(=O)c2sc3c(Cl)c(OC)ccc3c2Cl)c1. The Kier molecular flexibility index (Phi) is 5.66. The van der Waals surface area contributed by atoms with Gasteiger partial charge in [0.25, 0.3) is 5.91 Å². The smallest absolute Gasteiger partial charge is 0.283 e. The molecule has 0 saturated carbocycles. The Bertz CT molecular complexity index is 1000. The largest absolute Gasteiger partial charge is 0.497 e. The van der Waals surface area contributed by atoms with E-state index in [4.69, 9.17) is 32.7 Å². The van der Waals surface area contributed by atoms with Crippen LogP contribution in [-0.2, 0) is 0 Å². The van der Waals surface area contributed by atoms with E-state index >= 15 is 0 Å². The van der Waals surface area contributed by atoms with Crippen molar-refractivity contribution in [1.82, 2.24) is 5.43 Å². The van der Waals surface area contributed by atoms with Crippen molar-refractivity contribution in [3.05, 3.63) is 56.9 Å². The molecule has 0 spiro atoms. The van der Waals surface area contributed by atoms with Crippen molar-refractivity contribution in [1.29, 1.82) is 0 Å². The third-order valence-corrected chi connectivity index (χ3v) is 5.82. The summed E-state index contributed by atoms with van der Waals surface area (Å²) in [6.45, 7) is 0. The topological polar surface area (TPSA) is 59.9 Å². The Balaban J connectivity index is 1.82. The molecule has 0 aliphatic carbocycles. The Hall–Kier alpha value is -2.28. The zero-order valence-electron chi connectivity index (χ0n) is 13.9. The van der Waals surface area contributed by atoms with Gasteiger partial charge in [0.2, 0.25) is 0 Å². The minimum atomic E-state index is -0.412. The van der Waals surface area contributed by atoms with Gasteiger partial charge in [-0.25, -0.2) is 5.43 Å². The van der Waals surface area contributed by atoms with E-state index in [1.807, 2.05) is 18.2 Å². The molecule has 26 heavy (non-hydrogen) atoms. The maximum absolute atomic E-state index is 12.4. The van der Waals surface area contributed by atoms with E-state index in [0.29, 0.717) is 36.5 Å². The minimum Gasteiger partial charge on any atom is -0.497 e. The van der Waals surface area contributed by atoms with Gasteiger partial charge in [-0.3, -0.25) is 4.79 Å². The first-order valence-corrected chi connectivity index (χ1v) is 9.04. The molecular formula is C18H14Cl2N2O3S. The lowest BCUT2D eigenvalue weighted by atomic mass is 10.2. The first-order chi connectivity index (χ1) is 12.5. The van der Waals surface area contributed by atoms with Crippen LogP contribution in [0.3, 0.4) is 0 Å². The van der Waals surface area contributed by atoms with E-state index in [-0.39, 0.29) is 0 Å². The van der Waals surface area contributed by atoms with Crippen molar-refractivity contribution >= 4 is 56.7 Å². The van der Waals surface area contributed by atoms with Crippen molar-refractivity contribution in [2.24, 2.45) is 5.10 Å². The number of halogens is 2. The van der Waals surface area contributed by atoms with Gasteiger partial charge in [-0.05, 0) is 29.8 Å². The third kappa shape index (κ3) is 3.62. The molecule has 134 valence electrons. The molecule has 0 radical (unpaired) electrons. The van der Waals surface area contributed by atoms with Gasteiger partial charge in [-0.2, -0.15) is 5.10 Å². The molecule has 0 bridgehead atoms. The summed E-state index contributed by atoms with van der Waals surface area (Å²) < 4.78 is 11.0. The van der Waals surface area contributed by atoms with Gasteiger partial charge in [0, 0.05) is 5.39 Å². The normalized spacial score (nSPS) is 11.1. The molecule has 0 unspecified atom stereocenters. The second-order valence-electron chi connectivity index (χ2n) is 5.18. The molecule has 0 fully saturated rings. The molecule has 1 amide bonds. The van der Waals surface area contributed by atoms with Gasteiger partial charge < -0.3 is 9.47 Å². The van der Waals surface area contributed by atoms with Crippen LogP contribution in [-0.4, -0.2) is 26.3 Å². The lowest BCUT2D eigenvalue weighted by Crippen LogP contribution is -2.16. The molecule has 8 heteroatoms. The highest BCUT2D eigenvalue weighted by Crippen LogP contribution is 2.42. The molecule has 1 N–H and O–H groups in total. The number of methoxy groups -OCH3 is 2. The molecule has 3 rings (SSSR count). The maximum atomic E-state index is 12.4. The highest BCUT2D eigenvalue weighted by molar-refractivity contribution is 7.22. The molecule has 1 aromatic heterocycles. The van der Waals surface area contributed by atoms with E-state index < -0.39 is 5.91 Å². The number of hydrogen-bond donors (Lipinski definition) is 1. The number of nitrogens with zero attached hydrogens (tertiary/aromatic N) is 1. The first-order valence-electron chi connectivity index (χ1n) is 7.47. The van der Waals surface area contributed by atoms with Crippen LogP contribution in [0.15, 0.2) is 41.5 Å². The lowest BCUT2D eigenvalue weighted by molar-refractivity contribution is 0.0959. The van der Waals surface area contributed by atoms with Crippen molar-refractivity contribution < 1.29 is 14.3 Å². The van der Waals surface area contributed by atoms with Crippen LogP contribution in [0.1, 0.15) is 15.2 Å². The highest BCUT2D eigenvalue weighted by atomic mass is 35.5. The Morgan fingerprint density at radius 1 is 1.15 bits per heavy atom. The van der Waals surface area contributed by atoms with Crippen LogP contribution in [0.25, 0.3) is 10.1 Å². The summed E-state index contributed by atoms with van der Waals surface area (Å²) in [6.07, 6.45) is 1.53. The summed E-state index contributed by atoms with van der Waals surface area (Å²) in [7, 11) is 3.12. The van der Waals surface area contributed by atoms with E-state index in [9.17, 15) is 4.79 Å². The zero-order chi connectivity index (χ0) is 18.7. The Labute approximate surface area is 164 Å². The molecule has 0 aliphatic heterocycles. The summed E-state index contributed by atoms with van der Waals surface area (Å²) in [5.74, 6) is 0.821. The third-order valence-electron chi connectivity index (χ3n) is 3.60. The molecule has 0 aliphatic rings. The number of nitrogens with one attached hydrogen (secondary N) is 1. The van der Waals surface area contributed by atoms with Crippen LogP contribution < -0.4 is 14.9 Å². The van der Waals surface area contributed by atoms with Crippen molar-refractivity contribution in [2.75, 3.05) is 14.2 Å². The summed E-state index contributed by atoms with van der Waals surface area (Å²) in [4.78, 5) is 12.7. The van der Waals surface area contributed by atoms with Gasteiger partial charge in [0.15, 0.2) is 0 Å². The second kappa shape index (κ2) is 7.95. The minimum absolute atomic E-state index is 0.333. The fraction of sp³-hybridized carbons (Fsp3) is 0.111. The van der Waals surface area contributed by atoms with Gasteiger partial charge in [0.05, 0.1) is 30.2 Å². The van der Waals surface area contributed by atoms with Crippen molar-refractivity contribution in [3.63, 3.8) is 0 Å². The number of hydrogen-bond acceptors (Lipinski definition) is 5. The van der Waals surface area contributed by atoms with Gasteiger partial charge in [0.1, 0.15) is 21.4 Å². The second-order valence-corrected chi connectivity index (χ2v) is 6.96. The van der Waals surface area contributed by atoms with Crippen molar-refractivity contribution in [2.45, 2.75) is 0 Å². The van der Waals surface area contributed by atoms with E-state index in [2.05, 4.69) is 10.5 Å². The number of thiophene rings is 1. The number of carbonyl (C=O) groups excluding carboxylic acids is 1. The average molecular weight is 409 g/mol. The monoisotopic (exact) mass is 408 g/mol. The standard InChI is InChI=1S/C18H14Cl2N2O3S/c1-24-11-5-3-4-10(8-11)9-21-22-18(23)17-14(19)12-6-7-13(25-2)15(20)16(12)26-17/h3-9H,1-2H3,(H,22,23)/b21-9+. The van der Waals surface area contributed by atoms with Crippen LogP contribution in [0.2, 0.25) is 10.0 Å². The summed E-state index contributed by atoms with van der Waals surface area (Å²) in [6, 6.07) is 10.8. The van der Waals surface area contributed by atoms with Crippen LogP contribution in [0.4, 0.5) is 0 Å². The number of hydrazone groups is 1. The predicted molar refractivity (Wildman–Crippen MR) is 106 cm³/mol. The molecule has 0 atom stereocenters. The van der Waals surface area contributed by atoms with E-state index in [0.717, 1.165) is 5.56 Å². The van der Waals surface area contributed by atoms with Crippen LogP contribution in [0.5, 0.6) is 11.5 Å². The highest BCUT2D eigenvalue weighted by Gasteiger charge is 2.20. The van der Waals surface area contributed by atoms with Crippen LogP contribution >= 0.6 is 34.5 Å². The molecule has 0 saturated heterocycles. The number of fused-ring (bicyclic) bond motifs is 1. The zero-order valence-corrected chi connectivity index (χ0v) is 16.2. The number of amides is 1. The predicted octanol–water partition coefficient (Wildman–Crippen LogP) is 4.99. The van der Waals surface area contributed by atoms with Crippen molar-refractivity contribution in [3.8, 4) is 11.5 Å². The molecule has 1 heterocycles. The maximum Gasteiger partial charge on any atom is 0.283 e. The number of carbonyl (C=O) groups is 1. The molecule has 5 nitrogen and oxygen atoms in total. The lowest BCUT2D eigenvalue weighted by Gasteiger charge is -2.02. The molecular weight excluding hydrogens is 395 g/mol. The number of ether oxygens (including phenoxy) is 2. The van der Waals surface area contributed by atoms with E-state index in [1.165, 1.54) is 24.7 Å². The molecule has 2 aromatic carbocycles. The average Bonchev–Trinajstić information content (AvgIpc) is 3.00. The quantitative estimate of drug-likeness (QED) is 0.477. The summed E-state index contributed by atoms with van der Waals surface area (Å²) in [5, 5.41) is 5.43. The molecule has 3 aromatic rings. The van der Waals surface area contributed by atoms with Gasteiger partial charge in [-0.15, -0.1) is 11.3 Å². The number of benzene rings is 2. The first kappa shape index (κ1) is 18.5. The fourth-order valence-electron chi connectivity index (χ4n) is 2.32. The summed E-state index contributed by atoms with van der Waals surface area (Å²) >= 11 is 13.8. The Morgan fingerprint density at radius 2 is 1.96 bits per heavy atom. The van der Waals surface area contributed by atoms with E-state index in [1.54, 1.807) is 25.3 Å².